The largest absolute Gasteiger partial charge is 0.353 e. The Balaban J connectivity index is 2.25. The first-order valence-corrected chi connectivity index (χ1v) is 5.35. The summed E-state index contributed by atoms with van der Waals surface area (Å²) in [5.41, 5.74) is 5.39. The molecule has 0 amide bonds. The average Bonchev–Trinajstić information content (AvgIpc) is 2.45. The van der Waals surface area contributed by atoms with Crippen LogP contribution in [0.4, 0.5) is 17.1 Å². The van der Waals surface area contributed by atoms with Crippen molar-refractivity contribution in [3.63, 3.8) is 0 Å². The fourth-order valence-corrected chi connectivity index (χ4v) is 1.97. The Morgan fingerprint density at radius 3 is 2.44 bits per heavy atom. The van der Waals surface area contributed by atoms with Gasteiger partial charge in [-0.3, -0.25) is 4.99 Å². The van der Waals surface area contributed by atoms with E-state index in [0.717, 1.165) is 22.8 Å². The maximum absolute atomic E-state index is 4.64. The zero-order valence-corrected chi connectivity index (χ0v) is 9.07. The summed E-state index contributed by atoms with van der Waals surface area (Å²) in [5, 5.41) is 3.42. The highest BCUT2D eigenvalue weighted by molar-refractivity contribution is 6.07. The molecule has 16 heavy (non-hydrogen) atoms. The number of anilines is 2. The van der Waals surface area contributed by atoms with Gasteiger partial charge >= 0.3 is 0 Å². The van der Waals surface area contributed by atoms with Crippen molar-refractivity contribution in [3.8, 4) is 0 Å². The number of benzene rings is 2. The van der Waals surface area contributed by atoms with Gasteiger partial charge in [0.25, 0.3) is 0 Å². The first-order valence-electron chi connectivity index (χ1n) is 5.35. The third kappa shape index (κ3) is 1.39. The van der Waals surface area contributed by atoms with Crippen LogP contribution in [0.3, 0.4) is 0 Å². The minimum atomic E-state index is 0.996. The molecule has 0 spiro atoms. The average molecular weight is 208 g/mol. The Labute approximate surface area is 94.7 Å². The summed E-state index contributed by atoms with van der Waals surface area (Å²) < 4.78 is 0. The van der Waals surface area contributed by atoms with Crippen LogP contribution in [0.15, 0.2) is 53.5 Å². The molecule has 1 heterocycles. The van der Waals surface area contributed by atoms with Crippen LogP contribution < -0.4 is 5.32 Å². The van der Waals surface area contributed by atoms with Crippen molar-refractivity contribution < 1.29 is 0 Å². The number of nitrogens with zero attached hydrogens (tertiary/aromatic N) is 1. The monoisotopic (exact) mass is 208 g/mol. The van der Waals surface area contributed by atoms with Crippen LogP contribution in [0.2, 0.25) is 0 Å². The fourth-order valence-electron chi connectivity index (χ4n) is 1.97. The van der Waals surface area contributed by atoms with Gasteiger partial charge in [-0.2, -0.15) is 0 Å². The number of rotatable bonds is 0. The van der Waals surface area contributed by atoms with Gasteiger partial charge in [0.1, 0.15) is 0 Å². The van der Waals surface area contributed by atoms with E-state index < -0.39 is 0 Å². The Kier molecular flexibility index (Phi) is 2.00. The summed E-state index contributed by atoms with van der Waals surface area (Å²) in [6.07, 6.45) is 0. The number of para-hydroxylation sites is 3. The molecule has 2 heteroatoms. The summed E-state index contributed by atoms with van der Waals surface area (Å²) in [4.78, 5) is 4.64. The molecule has 0 bridgehead atoms. The maximum atomic E-state index is 4.64. The molecule has 78 valence electrons. The van der Waals surface area contributed by atoms with Crippen LogP contribution in [0.1, 0.15) is 12.5 Å². The van der Waals surface area contributed by atoms with Gasteiger partial charge in [0.15, 0.2) is 0 Å². The van der Waals surface area contributed by atoms with Gasteiger partial charge in [-0.1, -0.05) is 30.3 Å². The van der Waals surface area contributed by atoms with Gasteiger partial charge in [-0.05, 0) is 25.1 Å². The number of hydrogen-bond acceptors (Lipinski definition) is 2. The smallest absolute Gasteiger partial charge is 0.0867 e. The van der Waals surface area contributed by atoms with Crippen LogP contribution in [-0.2, 0) is 0 Å². The SMILES string of the molecule is CC1=Nc2ccccc2Nc2ccccc21. The molecule has 0 saturated heterocycles. The van der Waals surface area contributed by atoms with E-state index >= 15 is 0 Å². The quantitative estimate of drug-likeness (QED) is 0.698. The lowest BCUT2D eigenvalue weighted by Gasteiger charge is -2.08. The molecule has 2 aromatic carbocycles. The lowest BCUT2D eigenvalue weighted by Crippen LogP contribution is -1.97. The van der Waals surface area contributed by atoms with E-state index in [1.807, 2.05) is 43.3 Å². The molecule has 3 rings (SSSR count). The van der Waals surface area contributed by atoms with Gasteiger partial charge in [0.05, 0.1) is 11.4 Å². The van der Waals surface area contributed by atoms with Crippen LogP contribution in [0, 0.1) is 0 Å². The van der Waals surface area contributed by atoms with Crippen molar-refractivity contribution in [1.29, 1.82) is 0 Å². The second-order valence-corrected chi connectivity index (χ2v) is 3.88. The van der Waals surface area contributed by atoms with Gasteiger partial charge in [-0.15, -0.1) is 0 Å². The fraction of sp³-hybridized carbons (Fsp3) is 0.0714. The first kappa shape index (κ1) is 9.16. The Bertz CT molecular complexity index is 570. The highest BCUT2D eigenvalue weighted by atomic mass is 14.9. The normalized spacial score (nSPS) is 12.9. The van der Waals surface area contributed by atoms with Gasteiger partial charge in [0, 0.05) is 17.0 Å². The zero-order valence-electron chi connectivity index (χ0n) is 9.07. The lowest BCUT2D eigenvalue weighted by atomic mass is 10.1. The second-order valence-electron chi connectivity index (χ2n) is 3.88. The molecule has 0 aliphatic carbocycles. The van der Waals surface area contributed by atoms with E-state index in [9.17, 15) is 0 Å². The topological polar surface area (TPSA) is 24.4 Å². The van der Waals surface area contributed by atoms with Crippen LogP contribution in [0.5, 0.6) is 0 Å². The van der Waals surface area contributed by atoms with Gasteiger partial charge < -0.3 is 5.32 Å². The van der Waals surface area contributed by atoms with Gasteiger partial charge in [0.2, 0.25) is 0 Å². The first-order chi connectivity index (χ1) is 7.84. The Morgan fingerprint density at radius 1 is 0.875 bits per heavy atom. The molecule has 2 aromatic rings. The lowest BCUT2D eigenvalue weighted by molar-refractivity contribution is 1.50. The molecule has 2 nitrogen and oxygen atoms in total. The molecule has 0 fully saturated rings. The third-order valence-electron chi connectivity index (χ3n) is 2.78. The molecule has 0 aromatic heterocycles. The van der Waals surface area contributed by atoms with Crippen molar-refractivity contribution in [2.75, 3.05) is 5.32 Å². The van der Waals surface area contributed by atoms with Crippen LogP contribution >= 0.6 is 0 Å². The molecular weight excluding hydrogens is 196 g/mol. The summed E-state index contributed by atoms with van der Waals surface area (Å²) in [6.45, 7) is 2.04. The molecular formula is C14H12N2. The number of fused-ring (bicyclic) bond motifs is 2. The number of nitrogens with one attached hydrogen (secondary N) is 1. The maximum Gasteiger partial charge on any atom is 0.0867 e. The van der Waals surface area contributed by atoms with E-state index in [1.54, 1.807) is 0 Å². The van der Waals surface area contributed by atoms with E-state index in [1.165, 1.54) is 5.56 Å². The van der Waals surface area contributed by atoms with Crippen molar-refractivity contribution in [1.82, 2.24) is 0 Å². The standard InChI is InChI=1S/C14H12N2/c1-10-11-6-2-3-7-12(11)16-14-9-5-4-8-13(14)15-10/h2-9,16H,1H3. The van der Waals surface area contributed by atoms with Gasteiger partial charge in [-0.25, -0.2) is 0 Å². The number of aliphatic imine (C=N–C) groups is 1. The molecule has 0 atom stereocenters. The molecule has 1 aliphatic heterocycles. The van der Waals surface area contributed by atoms with Crippen molar-refractivity contribution in [2.24, 2.45) is 4.99 Å². The van der Waals surface area contributed by atoms with Crippen molar-refractivity contribution in [3.05, 3.63) is 54.1 Å². The molecule has 1 aliphatic rings. The number of hydrogen-bond donors (Lipinski definition) is 1. The predicted molar refractivity (Wildman–Crippen MR) is 68.0 cm³/mol. The summed E-state index contributed by atoms with van der Waals surface area (Å²) in [7, 11) is 0. The van der Waals surface area contributed by atoms with Crippen molar-refractivity contribution >= 4 is 22.8 Å². The van der Waals surface area contributed by atoms with E-state index in [2.05, 4.69) is 22.4 Å². The van der Waals surface area contributed by atoms with Crippen LogP contribution in [-0.4, -0.2) is 5.71 Å². The minimum absolute atomic E-state index is 0.996. The Hall–Kier alpha value is -2.09. The third-order valence-corrected chi connectivity index (χ3v) is 2.78. The highest BCUT2D eigenvalue weighted by Crippen LogP contribution is 2.33. The highest BCUT2D eigenvalue weighted by Gasteiger charge is 2.11. The molecule has 0 radical (unpaired) electrons. The van der Waals surface area contributed by atoms with E-state index in [4.69, 9.17) is 0 Å². The van der Waals surface area contributed by atoms with E-state index in [0.29, 0.717) is 0 Å². The second kappa shape index (κ2) is 3.49. The molecule has 0 saturated carbocycles. The summed E-state index contributed by atoms with van der Waals surface area (Å²) in [6, 6.07) is 16.3. The van der Waals surface area contributed by atoms with E-state index in [-0.39, 0.29) is 0 Å². The van der Waals surface area contributed by atoms with Crippen LogP contribution in [0.25, 0.3) is 0 Å². The molecule has 1 N–H and O–H groups in total. The summed E-state index contributed by atoms with van der Waals surface area (Å²) >= 11 is 0. The zero-order chi connectivity index (χ0) is 11.0. The molecule has 0 unspecified atom stereocenters. The minimum Gasteiger partial charge on any atom is -0.353 e. The predicted octanol–water partition coefficient (Wildman–Crippen LogP) is 3.88. The van der Waals surface area contributed by atoms with Crippen molar-refractivity contribution in [2.45, 2.75) is 6.92 Å². The summed E-state index contributed by atoms with van der Waals surface area (Å²) in [5.74, 6) is 0. The Morgan fingerprint density at radius 2 is 1.56 bits per heavy atom.